The Morgan fingerprint density at radius 1 is 1.12 bits per heavy atom. The molecule has 1 N–H and O–H groups in total. The quantitative estimate of drug-likeness (QED) is 0.793. The Labute approximate surface area is 147 Å². The molecule has 0 aromatic heterocycles. The molecule has 1 atom stereocenters. The van der Waals surface area contributed by atoms with Crippen LogP contribution in [-0.2, 0) is 14.8 Å². The SMILES string of the molecule is C=C(C(C)=O)[C@H](NS(=O)(=O)c1ccccc1C)c1ccc(Cl)cc1. The fourth-order valence-corrected chi connectivity index (χ4v) is 3.87. The second-order valence-corrected chi connectivity index (χ2v) is 7.57. The number of ketones is 1. The molecule has 0 aliphatic rings. The average molecular weight is 364 g/mol. The van der Waals surface area contributed by atoms with Gasteiger partial charge in [-0.05, 0) is 43.2 Å². The van der Waals surface area contributed by atoms with Crippen molar-refractivity contribution in [2.45, 2.75) is 24.8 Å². The van der Waals surface area contributed by atoms with Gasteiger partial charge in [0.1, 0.15) is 0 Å². The third kappa shape index (κ3) is 4.12. The normalized spacial score (nSPS) is 12.6. The van der Waals surface area contributed by atoms with E-state index in [9.17, 15) is 13.2 Å². The lowest BCUT2D eigenvalue weighted by Crippen LogP contribution is -2.31. The van der Waals surface area contributed by atoms with Gasteiger partial charge in [0.15, 0.2) is 5.78 Å². The van der Waals surface area contributed by atoms with Crippen LogP contribution in [0.5, 0.6) is 0 Å². The summed E-state index contributed by atoms with van der Waals surface area (Å²) in [5, 5.41) is 0.521. The Kier molecular flexibility index (Phi) is 5.59. The van der Waals surface area contributed by atoms with Crippen LogP contribution in [-0.4, -0.2) is 14.2 Å². The van der Waals surface area contributed by atoms with Crippen molar-refractivity contribution in [1.82, 2.24) is 4.72 Å². The molecule has 0 saturated carbocycles. The number of carbonyl (C=O) groups excluding carboxylic acids is 1. The minimum atomic E-state index is -3.82. The van der Waals surface area contributed by atoms with Gasteiger partial charge in [-0.25, -0.2) is 8.42 Å². The molecule has 0 unspecified atom stereocenters. The molecule has 2 aromatic carbocycles. The van der Waals surface area contributed by atoms with Gasteiger partial charge in [-0.15, -0.1) is 0 Å². The molecule has 0 spiro atoms. The molecule has 0 amide bonds. The van der Waals surface area contributed by atoms with E-state index >= 15 is 0 Å². The Bertz CT molecular complexity index is 873. The maximum atomic E-state index is 12.7. The van der Waals surface area contributed by atoms with Gasteiger partial charge >= 0.3 is 0 Å². The third-order valence-corrected chi connectivity index (χ3v) is 5.50. The first-order chi connectivity index (χ1) is 11.2. The van der Waals surface area contributed by atoms with Gasteiger partial charge in [0.2, 0.25) is 10.0 Å². The summed E-state index contributed by atoms with van der Waals surface area (Å²) < 4.78 is 28.1. The fraction of sp³-hybridized carbons (Fsp3) is 0.167. The van der Waals surface area contributed by atoms with E-state index in [1.807, 2.05) is 0 Å². The highest BCUT2D eigenvalue weighted by Crippen LogP contribution is 2.26. The number of benzene rings is 2. The number of hydrogen-bond donors (Lipinski definition) is 1. The summed E-state index contributed by atoms with van der Waals surface area (Å²) in [6, 6.07) is 12.4. The second-order valence-electron chi connectivity index (χ2n) is 5.45. The van der Waals surface area contributed by atoms with Crippen molar-refractivity contribution in [2.75, 3.05) is 0 Å². The zero-order chi connectivity index (χ0) is 17.9. The number of halogens is 1. The van der Waals surface area contributed by atoms with E-state index in [0.29, 0.717) is 16.1 Å². The number of carbonyl (C=O) groups is 1. The second kappa shape index (κ2) is 7.30. The summed E-state index contributed by atoms with van der Waals surface area (Å²) in [6.07, 6.45) is 0. The predicted molar refractivity (Wildman–Crippen MR) is 95.5 cm³/mol. The molecular formula is C18H18ClNO3S. The average Bonchev–Trinajstić information content (AvgIpc) is 2.53. The summed E-state index contributed by atoms with van der Waals surface area (Å²) in [6.45, 7) is 6.81. The zero-order valence-corrected chi connectivity index (χ0v) is 15.0. The number of rotatable bonds is 6. The van der Waals surface area contributed by atoms with Crippen molar-refractivity contribution in [3.8, 4) is 0 Å². The van der Waals surface area contributed by atoms with E-state index in [-0.39, 0.29) is 16.3 Å². The van der Waals surface area contributed by atoms with Crippen molar-refractivity contribution in [3.63, 3.8) is 0 Å². The molecule has 24 heavy (non-hydrogen) atoms. The molecule has 2 rings (SSSR count). The van der Waals surface area contributed by atoms with Crippen molar-refractivity contribution >= 4 is 27.4 Å². The van der Waals surface area contributed by atoms with Crippen LogP contribution in [0.3, 0.4) is 0 Å². The number of Topliss-reactive ketones (excluding diaryl/α,β-unsaturated/α-hetero) is 1. The topological polar surface area (TPSA) is 63.2 Å². The lowest BCUT2D eigenvalue weighted by atomic mass is 9.98. The van der Waals surface area contributed by atoms with Crippen LogP contribution in [0.2, 0.25) is 5.02 Å². The molecule has 0 aliphatic carbocycles. The number of nitrogens with one attached hydrogen (secondary N) is 1. The zero-order valence-electron chi connectivity index (χ0n) is 13.4. The van der Waals surface area contributed by atoms with Gasteiger partial charge in [-0.1, -0.05) is 48.5 Å². The van der Waals surface area contributed by atoms with Gasteiger partial charge in [0.05, 0.1) is 10.9 Å². The number of aryl methyl sites for hydroxylation is 1. The molecule has 0 heterocycles. The summed E-state index contributed by atoms with van der Waals surface area (Å²) in [4.78, 5) is 11.9. The molecule has 0 aliphatic heterocycles. The molecule has 4 nitrogen and oxygen atoms in total. The Morgan fingerprint density at radius 3 is 2.25 bits per heavy atom. The lowest BCUT2D eigenvalue weighted by Gasteiger charge is -2.21. The number of sulfonamides is 1. The van der Waals surface area contributed by atoms with Crippen LogP contribution < -0.4 is 4.72 Å². The molecule has 126 valence electrons. The molecule has 0 saturated heterocycles. The van der Waals surface area contributed by atoms with Gasteiger partial charge in [-0.2, -0.15) is 4.72 Å². The first-order valence-corrected chi connectivity index (χ1v) is 9.11. The standard InChI is InChI=1S/C18H18ClNO3S/c1-12-6-4-5-7-17(12)24(22,23)20-18(13(2)14(3)21)15-8-10-16(19)11-9-15/h4-11,18,20H,2H2,1,3H3/t18-/m0/s1. The van der Waals surface area contributed by atoms with E-state index in [2.05, 4.69) is 11.3 Å². The summed E-state index contributed by atoms with van der Waals surface area (Å²) >= 11 is 5.88. The van der Waals surface area contributed by atoms with Gasteiger partial charge in [0.25, 0.3) is 0 Å². The van der Waals surface area contributed by atoms with Crippen molar-refractivity contribution in [3.05, 3.63) is 76.8 Å². The predicted octanol–water partition coefficient (Wildman–Crippen LogP) is 3.81. The first-order valence-electron chi connectivity index (χ1n) is 7.25. The van der Waals surface area contributed by atoms with Crippen LogP contribution in [0.1, 0.15) is 24.1 Å². The van der Waals surface area contributed by atoms with E-state index < -0.39 is 16.1 Å². The highest BCUT2D eigenvalue weighted by atomic mass is 35.5. The largest absolute Gasteiger partial charge is 0.295 e. The van der Waals surface area contributed by atoms with E-state index in [4.69, 9.17) is 11.6 Å². The molecule has 0 fully saturated rings. The van der Waals surface area contributed by atoms with Crippen LogP contribution in [0.25, 0.3) is 0 Å². The Morgan fingerprint density at radius 2 is 1.71 bits per heavy atom. The summed E-state index contributed by atoms with van der Waals surface area (Å²) in [5.74, 6) is -0.289. The smallest absolute Gasteiger partial charge is 0.241 e. The van der Waals surface area contributed by atoms with Crippen LogP contribution >= 0.6 is 11.6 Å². The monoisotopic (exact) mass is 363 g/mol. The van der Waals surface area contributed by atoms with Crippen molar-refractivity contribution < 1.29 is 13.2 Å². The minimum absolute atomic E-state index is 0.162. The Hall–Kier alpha value is -1.95. The summed E-state index contributed by atoms with van der Waals surface area (Å²) in [7, 11) is -3.82. The minimum Gasteiger partial charge on any atom is -0.295 e. The third-order valence-electron chi connectivity index (χ3n) is 3.66. The highest BCUT2D eigenvalue weighted by molar-refractivity contribution is 7.89. The molecular weight excluding hydrogens is 346 g/mol. The number of hydrogen-bond acceptors (Lipinski definition) is 3. The molecule has 2 aromatic rings. The molecule has 6 heteroatoms. The van der Waals surface area contributed by atoms with Gasteiger partial charge in [-0.3, -0.25) is 4.79 Å². The van der Waals surface area contributed by atoms with Gasteiger partial charge < -0.3 is 0 Å². The van der Waals surface area contributed by atoms with Crippen molar-refractivity contribution in [2.24, 2.45) is 0 Å². The lowest BCUT2D eigenvalue weighted by molar-refractivity contribution is -0.113. The van der Waals surface area contributed by atoms with Crippen LogP contribution in [0.15, 0.2) is 65.6 Å². The van der Waals surface area contributed by atoms with Gasteiger partial charge in [0, 0.05) is 10.6 Å². The molecule has 0 radical (unpaired) electrons. The van der Waals surface area contributed by atoms with Crippen LogP contribution in [0.4, 0.5) is 0 Å². The summed E-state index contributed by atoms with van der Waals surface area (Å²) in [5.41, 5.74) is 1.37. The van der Waals surface area contributed by atoms with Crippen molar-refractivity contribution in [1.29, 1.82) is 0 Å². The maximum Gasteiger partial charge on any atom is 0.241 e. The van der Waals surface area contributed by atoms with Crippen LogP contribution in [0, 0.1) is 6.92 Å². The van der Waals surface area contributed by atoms with E-state index in [1.54, 1.807) is 49.4 Å². The maximum absolute atomic E-state index is 12.7. The Balaban J connectivity index is 2.45. The highest BCUT2D eigenvalue weighted by Gasteiger charge is 2.26. The van der Waals surface area contributed by atoms with E-state index in [0.717, 1.165) is 0 Å². The fourth-order valence-electron chi connectivity index (χ4n) is 2.28. The first kappa shape index (κ1) is 18.4. The van der Waals surface area contributed by atoms with E-state index in [1.165, 1.54) is 13.0 Å². The molecule has 0 bridgehead atoms.